The van der Waals surface area contributed by atoms with Gasteiger partial charge in [0.1, 0.15) is 0 Å². The molecule has 0 N–H and O–H groups in total. The highest BCUT2D eigenvalue weighted by atomic mass is 14.7. The molecule has 0 radical (unpaired) electrons. The second-order valence-corrected chi connectivity index (χ2v) is 10.3. The fourth-order valence-electron chi connectivity index (χ4n) is 5.79. The zero-order chi connectivity index (χ0) is 27.9. The lowest BCUT2D eigenvalue weighted by Crippen LogP contribution is -1.92. The average Bonchev–Trinajstić information content (AvgIpc) is 3.08. The van der Waals surface area contributed by atoms with Crippen molar-refractivity contribution in [1.82, 2.24) is 19.9 Å². The minimum absolute atomic E-state index is 0.923. The first-order valence-electron chi connectivity index (χ1n) is 14.0. The summed E-state index contributed by atoms with van der Waals surface area (Å²) < 4.78 is 0. The van der Waals surface area contributed by atoms with Crippen molar-refractivity contribution in [3.05, 3.63) is 146 Å². The second-order valence-electron chi connectivity index (χ2n) is 10.3. The molecule has 0 atom stereocenters. The molecule has 0 bridgehead atoms. The van der Waals surface area contributed by atoms with Crippen molar-refractivity contribution >= 4 is 32.7 Å². The molecular weight excluding hydrogens is 512 g/mol. The number of rotatable bonds is 4. The largest absolute Gasteiger partial charge is 0.256 e. The maximum atomic E-state index is 5.06. The van der Waals surface area contributed by atoms with Crippen LogP contribution in [0, 0.1) is 0 Å². The summed E-state index contributed by atoms with van der Waals surface area (Å²) in [5.41, 5.74) is 11.4. The minimum Gasteiger partial charge on any atom is -0.256 e. The summed E-state index contributed by atoms with van der Waals surface area (Å²) >= 11 is 0. The van der Waals surface area contributed by atoms with Gasteiger partial charge in [0.05, 0.1) is 27.9 Å². The van der Waals surface area contributed by atoms with Crippen LogP contribution in [-0.4, -0.2) is 19.9 Å². The minimum atomic E-state index is 0.923. The van der Waals surface area contributed by atoms with E-state index in [0.717, 1.165) is 71.9 Å². The highest BCUT2D eigenvalue weighted by Gasteiger charge is 2.15. The monoisotopic (exact) mass is 536 g/mol. The van der Waals surface area contributed by atoms with Crippen molar-refractivity contribution < 1.29 is 0 Å². The molecule has 196 valence electrons. The number of fused-ring (bicyclic) bond motifs is 4. The van der Waals surface area contributed by atoms with Gasteiger partial charge in [-0.2, -0.15) is 0 Å². The molecule has 4 heterocycles. The van der Waals surface area contributed by atoms with Crippen LogP contribution < -0.4 is 0 Å². The average molecular weight is 537 g/mol. The topological polar surface area (TPSA) is 51.6 Å². The van der Waals surface area contributed by atoms with Gasteiger partial charge in [-0.05, 0) is 71.3 Å². The predicted octanol–water partition coefficient (Wildman–Crippen LogP) is 9.39. The summed E-state index contributed by atoms with van der Waals surface area (Å²) in [6.07, 6.45) is 5.50. The van der Waals surface area contributed by atoms with E-state index in [-0.39, 0.29) is 0 Å². The summed E-state index contributed by atoms with van der Waals surface area (Å²) in [7, 11) is 0. The SMILES string of the molecule is c1ccc(-c2cc(-c3ccc(-c4c5ccccc5nc5c4ccc4cccnc45)cc3)cc(-c3ccccn3)c2)nc1. The first kappa shape index (κ1) is 24.1. The molecule has 4 nitrogen and oxygen atoms in total. The fraction of sp³-hybridized carbons (Fsp3) is 0. The Morgan fingerprint density at radius 1 is 0.381 bits per heavy atom. The standard InChI is InChI=1S/C38H24N4/c1-2-12-35-31(9-1)36(32-18-17-27-8-7-21-41-37(27)38(32)42-35)26-15-13-25(14-16-26)28-22-29(33-10-3-5-19-39-33)24-30(23-28)34-11-4-6-20-40-34/h1-24H. The molecule has 0 aliphatic rings. The second kappa shape index (κ2) is 10.0. The molecule has 8 rings (SSSR count). The Kier molecular flexibility index (Phi) is 5.75. The summed E-state index contributed by atoms with van der Waals surface area (Å²) in [5.74, 6) is 0. The van der Waals surface area contributed by atoms with Crippen LogP contribution >= 0.6 is 0 Å². The molecule has 0 amide bonds. The third-order valence-electron chi connectivity index (χ3n) is 7.78. The molecule has 0 unspecified atom stereocenters. The van der Waals surface area contributed by atoms with Crippen molar-refractivity contribution in [1.29, 1.82) is 0 Å². The van der Waals surface area contributed by atoms with Crippen LogP contribution in [0.2, 0.25) is 0 Å². The third-order valence-corrected chi connectivity index (χ3v) is 7.78. The van der Waals surface area contributed by atoms with Gasteiger partial charge in [0.15, 0.2) is 0 Å². The molecule has 8 aromatic rings. The normalized spacial score (nSPS) is 11.3. The zero-order valence-corrected chi connectivity index (χ0v) is 22.6. The van der Waals surface area contributed by atoms with Gasteiger partial charge < -0.3 is 0 Å². The van der Waals surface area contributed by atoms with Crippen LogP contribution in [0.4, 0.5) is 0 Å². The molecule has 0 saturated heterocycles. The Balaban J connectivity index is 1.30. The molecular formula is C38H24N4. The van der Waals surface area contributed by atoms with Crippen LogP contribution in [0.25, 0.3) is 77.5 Å². The van der Waals surface area contributed by atoms with Gasteiger partial charge in [0.2, 0.25) is 0 Å². The molecule has 42 heavy (non-hydrogen) atoms. The highest BCUT2D eigenvalue weighted by Crippen LogP contribution is 2.38. The Morgan fingerprint density at radius 3 is 1.74 bits per heavy atom. The van der Waals surface area contributed by atoms with Crippen LogP contribution in [-0.2, 0) is 0 Å². The van der Waals surface area contributed by atoms with Gasteiger partial charge in [-0.15, -0.1) is 0 Å². The van der Waals surface area contributed by atoms with Gasteiger partial charge in [0.25, 0.3) is 0 Å². The van der Waals surface area contributed by atoms with Crippen LogP contribution in [0.15, 0.2) is 146 Å². The van der Waals surface area contributed by atoms with Crippen molar-refractivity contribution in [2.24, 2.45) is 0 Å². The number of para-hydroxylation sites is 1. The summed E-state index contributed by atoms with van der Waals surface area (Å²) in [6.45, 7) is 0. The molecule has 4 aromatic carbocycles. The van der Waals surface area contributed by atoms with E-state index in [9.17, 15) is 0 Å². The van der Waals surface area contributed by atoms with E-state index >= 15 is 0 Å². The van der Waals surface area contributed by atoms with E-state index in [0.29, 0.717) is 0 Å². The van der Waals surface area contributed by atoms with Gasteiger partial charge in [-0.25, -0.2) is 4.98 Å². The smallest absolute Gasteiger partial charge is 0.0978 e. The molecule has 4 heteroatoms. The first-order valence-corrected chi connectivity index (χ1v) is 14.0. The number of pyridine rings is 4. The van der Waals surface area contributed by atoms with Crippen molar-refractivity contribution in [3.63, 3.8) is 0 Å². The molecule has 0 aliphatic heterocycles. The Morgan fingerprint density at radius 2 is 1.02 bits per heavy atom. The maximum Gasteiger partial charge on any atom is 0.0978 e. The molecule has 4 aromatic heterocycles. The van der Waals surface area contributed by atoms with Crippen LogP contribution in [0.3, 0.4) is 0 Å². The van der Waals surface area contributed by atoms with E-state index in [1.807, 2.05) is 67.1 Å². The number of nitrogens with zero attached hydrogens (tertiary/aromatic N) is 4. The summed E-state index contributed by atoms with van der Waals surface area (Å²) in [4.78, 5) is 19.0. The lowest BCUT2D eigenvalue weighted by molar-refractivity contribution is 1.31. The van der Waals surface area contributed by atoms with E-state index in [4.69, 9.17) is 9.97 Å². The molecule has 0 aliphatic carbocycles. The number of benzene rings is 4. The van der Waals surface area contributed by atoms with Gasteiger partial charge in [-0.3, -0.25) is 15.0 Å². The lowest BCUT2D eigenvalue weighted by Gasteiger charge is -2.14. The van der Waals surface area contributed by atoms with Gasteiger partial charge in [-0.1, -0.05) is 72.8 Å². The number of aromatic nitrogens is 4. The zero-order valence-electron chi connectivity index (χ0n) is 22.6. The summed E-state index contributed by atoms with van der Waals surface area (Å²) in [5, 5.41) is 3.32. The molecule has 0 fully saturated rings. The first-order chi connectivity index (χ1) is 20.8. The van der Waals surface area contributed by atoms with E-state index in [2.05, 4.69) is 88.8 Å². The van der Waals surface area contributed by atoms with Gasteiger partial charge in [0, 0.05) is 51.4 Å². The van der Waals surface area contributed by atoms with Crippen molar-refractivity contribution in [2.45, 2.75) is 0 Å². The van der Waals surface area contributed by atoms with Crippen LogP contribution in [0.1, 0.15) is 0 Å². The molecule has 0 spiro atoms. The van der Waals surface area contributed by atoms with E-state index < -0.39 is 0 Å². The van der Waals surface area contributed by atoms with E-state index in [1.165, 1.54) is 5.56 Å². The van der Waals surface area contributed by atoms with Gasteiger partial charge >= 0.3 is 0 Å². The predicted molar refractivity (Wildman–Crippen MR) is 172 cm³/mol. The number of hydrogen-bond acceptors (Lipinski definition) is 4. The maximum absolute atomic E-state index is 5.06. The summed E-state index contributed by atoms with van der Waals surface area (Å²) in [6, 6.07) is 44.2. The number of hydrogen-bond donors (Lipinski definition) is 0. The molecule has 0 saturated carbocycles. The highest BCUT2D eigenvalue weighted by molar-refractivity contribution is 6.15. The lowest BCUT2D eigenvalue weighted by atomic mass is 9.92. The van der Waals surface area contributed by atoms with Crippen molar-refractivity contribution in [2.75, 3.05) is 0 Å². The van der Waals surface area contributed by atoms with Crippen LogP contribution in [0.5, 0.6) is 0 Å². The van der Waals surface area contributed by atoms with E-state index in [1.54, 1.807) is 0 Å². The Hall–Kier alpha value is -5.74. The quantitative estimate of drug-likeness (QED) is 0.166. The Bertz CT molecular complexity index is 2170. The fourth-order valence-corrected chi connectivity index (χ4v) is 5.79. The van der Waals surface area contributed by atoms with Crippen molar-refractivity contribution in [3.8, 4) is 44.8 Å². The third kappa shape index (κ3) is 4.18. The Labute approximate surface area is 243 Å².